The number of fused-ring (bicyclic) bond motifs is 1. The van der Waals surface area contributed by atoms with Crippen molar-refractivity contribution < 1.29 is 5.11 Å². The van der Waals surface area contributed by atoms with Crippen LogP contribution in [-0.2, 0) is 38.5 Å². The molecule has 1 nitrogen and oxygen atoms in total. The Balaban J connectivity index is 3.10. The van der Waals surface area contributed by atoms with Gasteiger partial charge in [0.05, 0.1) is 0 Å². The Morgan fingerprint density at radius 3 is 1.52 bits per heavy atom. The summed E-state index contributed by atoms with van der Waals surface area (Å²) in [6.45, 7) is 13.4. The van der Waals surface area contributed by atoms with Crippen LogP contribution < -0.4 is 0 Å². The Kier molecular flexibility index (Phi) is 5.73. The van der Waals surface area contributed by atoms with Crippen LogP contribution >= 0.6 is 0 Å². The number of aromatic hydroxyl groups is 1. The van der Waals surface area contributed by atoms with Gasteiger partial charge in [0, 0.05) is 5.39 Å². The van der Waals surface area contributed by atoms with E-state index < -0.39 is 0 Å². The normalized spacial score (nSPS) is 11.4. The number of hydrogen-bond acceptors (Lipinski definition) is 1. The quantitative estimate of drug-likeness (QED) is 0.702. The zero-order valence-corrected chi connectivity index (χ0v) is 15.8. The van der Waals surface area contributed by atoms with Crippen molar-refractivity contribution in [1.29, 1.82) is 0 Å². The molecule has 0 aromatic heterocycles. The molecule has 0 heterocycles. The van der Waals surface area contributed by atoms with Gasteiger partial charge in [-0.05, 0) is 83.4 Å². The molecule has 0 unspecified atom stereocenters. The van der Waals surface area contributed by atoms with E-state index in [0.717, 1.165) is 49.5 Å². The van der Waals surface area contributed by atoms with Crippen LogP contribution in [0.1, 0.15) is 74.9 Å². The Labute approximate surface area is 141 Å². The number of benzene rings is 2. The maximum Gasteiger partial charge on any atom is 0.126 e. The third-order valence-electron chi connectivity index (χ3n) is 5.36. The molecule has 0 spiro atoms. The zero-order chi connectivity index (χ0) is 17.1. The van der Waals surface area contributed by atoms with Crippen molar-refractivity contribution in [2.24, 2.45) is 0 Å². The molecule has 1 heteroatoms. The van der Waals surface area contributed by atoms with Gasteiger partial charge in [-0.2, -0.15) is 0 Å². The van der Waals surface area contributed by atoms with Gasteiger partial charge < -0.3 is 5.11 Å². The summed E-state index contributed by atoms with van der Waals surface area (Å²) in [6, 6.07) is 2.26. The Morgan fingerprint density at radius 1 is 0.609 bits per heavy atom. The summed E-state index contributed by atoms with van der Waals surface area (Å²) in [7, 11) is 0. The summed E-state index contributed by atoms with van der Waals surface area (Å²) in [5.74, 6) is 0.531. The van der Waals surface area contributed by atoms with E-state index in [1.54, 1.807) is 0 Å². The van der Waals surface area contributed by atoms with Crippen LogP contribution in [-0.4, -0.2) is 5.11 Å². The summed E-state index contributed by atoms with van der Waals surface area (Å²) < 4.78 is 0. The highest BCUT2D eigenvalue weighted by Gasteiger charge is 2.20. The van der Waals surface area contributed by atoms with Crippen LogP contribution in [0.25, 0.3) is 10.8 Å². The highest BCUT2D eigenvalue weighted by atomic mass is 16.3. The predicted octanol–water partition coefficient (Wildman–Crippen LogP) is 5.92. The summed E-state index contributed by atoms with van der Waals surface area (Å²) in [6.07, 6.45) is 6.07. The first-order valence-electron chi connectivity index (χ1n) is 9.41. The Bertz CT molecular complexity index is 700. The number of phenols is 1. The molecule has 2 aromatic carbocycles. The van der Waals surface area contributed by atoms with Gasteiger partial charge in [0.2, 0.25) is 0 Å². The maximum atomic E-state index is 11.0. The lowest BCUT2D eigenvalue weighted by molar-refractivity contribution is 0.474. The fourth-order valence-electron chi connectivity index (χ4n) is 4.35. The van der Waals surface area contributed by atoms with Crippen molar-refractivity contribution >= 4 is 10.8 Å². The first kappa shape index (κ1) is 17.8. The van der Waals surface area contributed by atoms with Gasteiger partial charge in [0.15, 0.2) is 0 Å². The maximum absolute atomic E-state index is 11.0. The van der Waals surface area contributed by atoms with E-state index >= 15 is 0 Å². The van der Waals surface area contributed by atoms with E-state index in [1.807, 2.05) is 0 Å². The van der Waals surface area contributed by atoms with E-state index in [4.69, 9.17) is 0 Å². The number of hydrogen-bond donors (Lipinski definition) is 1. The van der Waals surface area contributed by atoms with E-state index in [2.05, 4.69) is 47.6 Å². The molecule has 0 saturated heterocycles. The van der Waals surface area contributed by atoms with Crippen LogP contribution in [0.4, 0.5) is 0 Å². The van der Waals surface area contributed by atoms with E-state index in [-0.39, 0.29) is 0 Å². The van der Waals surface area contributed by atoms with Gasteiger partial charge in [-0.15, -0.1) is 0 Å². The lowest BCUT2D eigenvalue weighted by Gasteiger charge is -2.23. The van der Waals surface area contributed by atoms with Crippen LogP contribution in [0.3, 0.4) is 0 Å². The van der Waals surface area contributed by atoms with Crippen molar-refractivity contribution in [1.82, 2.24) is 0 Å². The second kappa shape index (κ2) is 7.38. The molecule has 0 amide bonds. The molecule has 0 radical (unpaired) electrons. The van der Waals surface area contributed by atoms with Crippen molar-refractivity contribution in [3.05, 3.63) is 39.4 Å². The standard InChI is InChI=1S/C22H32O/c1-7-14-13-20-21(17(10-4)15(14)8-2)18(11-5)16(9-3)19(12-6)22(20)23/h13,23H,7-12H2,1-6H3. The SMILES string of the molecule is CCc1cc2c(O)c(CC)c(CC)c(CC)c2c(CC)c1CC. The van der Waals surface area contributed by atoms with Gasteiger partial charge in [0.1, 0.15) is 5.75 Å². The molecule has 1 N–H and O–H groups in total. The highest BCUT2D eigenvalue weighted by Crippen LogP contribution is 2.41. The van der Waals surface area contributed by atoms with Gasteiger partial charge in [-0.3, -0.25) is 0 Å². The topological polar surface area (TPSA) is 20.2 Å². The van der Waals surface area contributed by atoms with Crippen LogP contribution in [0.5, 0.6) is 5.75 Å². The van der Waals surface area contributed by atoms with Crippen LogP contribution in [0.15, 0.2) is 6.07 Å². The number of aryl methyl sites for hydroxylation is 3. The van der Waals surface area contributed by atoms with E-state index in [1.165, 1.54) is 33.2 Å². The molecular weight excluding hydrogens is 280 g/mol. The first-order chi connectivity index (χ1) is 11.1. The highest BCUT2D eigenvalue weighted by molar-refractivity contribution is 5.97. The average molecular weight is 312 g/mol. The minimum atomic E-state index is 0.531. The first-order valence-corrected chi connectivity index (χ1v) is 9.41. The van der Waals surface area contributed by atoms with Crippen LogP contribution in [0, 0.1) is 0 Å². The third-order valence-corrected chi connectivity index (χ3v) is 5.36. The van der Waals surface area contributed by atoms with Crippen molar-refractivity contribution in [2.45, 2.75) is 80.1 Å². The molecular formula is C22H32O. The van der Waals surface area contributed by atoms with E-state index in [9.17, 15) is 5.11 Å². The fraction of sp³-hybridized carbons (Fsp3) is 0.545. The molecule has 0 aliphatic rings. The largest absolute Gasteiger partial charge is 0.507 e. The van der Waals surface area contributed by atoms with E-state index in [0.29, 0.717) is 5.75 Å². The van der Waals surface area contributed by atoms with Crippen molar-refractivity contribution in [2.75, 3.05) is 0 Å². The molecule has 126 valence electrons. The lowest BCUT2D eigenvalue weighted by Crippen LogP contribution is -2.06. The lowest BCUT2D eigenvalue weighted by atomic mass is 9.82. The summed E-state index contributed by atoms with van der Waals surface area (Å²) >= 11 is 0. The van der Waals surface area contributed by atoms with Crippen LogP contribution in [0.2, 0.25) is 0 Å². The second-order valence-electron chi connectivity index (χ2n) is 6.32. The molecule has 0 aliphatic heterocycles. The molecule has 0 bridgehead atoms. The molecule has 0 saturated carbocycles. The van der Waals surface area contributed by atoms with Gasteiger partial charge in [-0.1, -0.05) is 41.5 Å². The fourth-order valence-corrected chi connectivity index (χ4v) is 4.35. The Morgan fingerprint density at radius 2 is 1.09 bits per heavy atom. The molecule has 0 atom stereocenters. The molecule has 0 aliphatic carbocycles. The minimum Gasteiger partial charge on any atom is -0.507 e. The summed E-state index contributed by atoms with van der Waals surface area (Å²) in [5, 5.41) is 13.4. The van der Waals surface area contributed by atoms with Crippen molar-refractivity contribution in [3.63, 3.8) is 0 Å². The Hall–Kier alpha value is -1.50. The third kappa shape index (κ3) is 2.75. The zero-order valence-electron chi connectivity index (χ0n) is 15.8. The van der Waals surface area contributed by atoms with Gasteiger partial charge in [-0.25, -0.2) is 0 Å². The summed E-state index contributed by atoms with van der Waals surface area (Å²) in [4.78, 5) is 0. The molecule has 23 heavy (non-hydrogen) atoms. The minimum absolute atomic E-state index is 0.531. The van der Waals surface area contributed by atoms with Gasteiger partial charge >= 0.3 is 0 Å². The predicted molar refractivity (Wildman–Crippen MR) is 102 cm³/mol. The molecule has 0 fully saturated rings. The second-order valence-corrected chi connectivity index (χ2v) is 6.32. The number of rotatable bonds is 6. The summed E-state index contributed by atoms with van der Waals surface area (Å²) in [5.41, 5.74) is 8.37. The molecule has 2 rings (SSSR count). The smallest absolute Gasteiger partial charge is 0.126 e. The molecule has 2 aromatic rings. The number of phenolic OH excluding ortho intramolecular Hbond substituents is 1. The average Bonchev–Trinajstić information content (AvgIpc) is 2.59. The monoisotopic (exact) mass is 312 g/mol. The van der Waals surface area contributed by atoms with Crippen molar-refractivity contribution in [3.8, 4) is 5.75 Å². The van der Waals surface area contributed by atoms with Gasteiger partial charge in [0.25, 0.3) is 0 Å².